The molecule has 1 saturated heterocycles. The van der Waals surface area contributed by atoms with Crippen molar-refractivity contribution < 1.29 is 9.59 Å². The number of H-pyrrole nitrogens is 1. The molecule has 2 aliphatic heterocycles. The second-order valence-electron chi connectivity index (χ2n) is 7.58. The van der Waals surface area contributed by atoms with Crippen molar-refractivity contribution in [1.29, 1.82) is 0 Å². The third-order valence-corrected chi connectivity index (χ3v) is 6.60. The lowest BCUT2D eigenvalue weighted by atomic mass is 10.2. The van der Waals surface area contributed by atoms with Crippen molar-refractivity contribution in [3.8, 4) is 0 Å². The highest BCUT2D eigenvalue weighted by Crippen LogP contribution is 2.20. The minimum atomic E-state index is -0.496. The predicted octanol–water partition coefficient (Wildman–Crippen LogP) is -1.03. The molecule has 170 valence electrons. The zero-order valence-corrected chi connectivity index (χ0v) is 18.4. The molecule has 2 aromatic heterocycles. The number of aromatic amines is 1. The maximum Gasteiger partial charge on any atom is 0.328 e. The molecule has 0 aromatic carbocycles. The molecule has 2 amide bonds. The Morgan fingerprint density at radius 1 is 1.12 bits per heavy atom. The Kier molecular flexibility index (Phi) is 6.88. The van der Waals surface area contributed by atoms with E-state index in [1.165, 1.54) is 4.57 Å². The number of amides is 2. The Hall–Kier alpha value is -3.15. The van der Waals surface area contributed by atoms with E-state index in [-0.39, 0.29) is 36.9 Å². The monoisotopic (exact) mass is 459 g/mol. The summed E-state index contributed by atoms with van der Waals surface area (Å²) < 4.78 is 1.47. The Labute approximate surface area is 188 Å². The van der Waals surface area contributed by atoms with Crippen molar-refractivity contribution >= 4 is 29.5 Å². The quantitative estimate of drug-likeness (QED) is 0.560. The smallest absolute Gasteiger partial charge is 0.328 e. The fourth-order valence-corrected chi connectivity index (χ4v) is 4.85. The first-order chi connectivity index (χ1) is 15.5. The lowest BCUT2D eigenvalue weighted by molar-refractivity contribution is -0.133. The number of hydrogen-bond donors (Lipinski definition) is 2. The highest BCUT2D eigenvalue weighted by Gasteiger charge is 2.23. The van der Waals surface area contributed by atoms with Crippen LogP contribution in [-0.4, -0.2) is 74.7 Å². The second kappa shape index (κ2) is 9.98. The van der Waals surface area contributed by atoms with Crippen molar-refractivity contribution in [2.75, 3.05) is 43.4 Å². The number of piperazine rings is 1. The highest BCUT2D eigenvalue weighted by molar-refractivity contribution is 7.98. The van der Waals surface area contributed by atoms with Gasteiger partial charge in [0.2, 0.25) is 17.8 Å². The number of carbonyl (C=O) groups is 2. The Balaban J connectivity index is 1.25. The largest absolute Gasteiger partial charge is 0.347 e. The van der Waals surface area contributed by atoms with Crippen LogP contribution in [0.2, 0.25) is 0 Å². The van der Waals surface area contributed by atoms with Gasteiger partial charge in [0.15, 0.2) is 0 Å². The first-order valence-corrected chi connectivity index (χ1v) is 11.7. The van der Waals surface area contributed by atoms with Gasteiger partial charge in [-0.3, -0.25) is 23.9 Å². The van der Waals surface area contributed by atoms with Crippen molar-refractivity contribution in [3.05, 3.63) is 50.6 Å². The molecule has 12 heteroatoms. The first-order valence-electron chi connectivity index (χ1n) is 10.5. The van der Waals surface area contributed by atoms with Crippen LogP contribution in [0.5, 0.6) is 0 Å². The van der Waals surface area contributed by atoms with Crippen molar-refractivity contribution in [2.45, 2.75) is 25.1 Å². The third-order valence-electron chi connectivity index (χ3n) is 5.61. The van der Waals surface area contributed by atoms with Crippen LogP contribution < -0.4 is 21.5 Å². The molecule has 2 N–H and O–H groups in total. The molecule has 2 aromatic rings. The number of thioether (sulfide) groups is 1. The zero-order chi connectivity index (χ0) is 22.5. The van der Waals surface area contributed by atoms with Crippen molar-refractivity contribution in [3.63, 3.8) is 0 Å². The van der Waals surface area contributed by atoms with Crippen LogP contribution in [0.3, 0.4) is 0 Å². The third kappa shape index (κ3) is 5.01. The Morgan fingerprint density at radius 3 is 2.62 bits per heavy atom. The van der Waals surface area contributed by atoms with E-state index in [1.807, 2.05) is 4.90 Å². The van der Waals surface area contributed by atoms with E-state index in [0.29, 0.717) is 55.6 Å². The van der Waals surface area contributed by atoms with Crippen LogP contribution >= 0.6 is 11.8 Å². The summed E-state index contributed by atoms with van der Waals surface area (Å²) in [6, 6.07) is 1.76. The van der Waals surface area contributed by atoms with Gasteiger partial charge in [-0.1, -0.05) is 0 Å². The van der Waals surface area contributed by atoms with Crippen LogP contribution in [0.15, 0.2) is 28.0 Å². The van der Waals surface area contributed by atoms with Gasteiger partial charge in [-0.25, -0.2) is 14.8 Å². The summed E-state index contributed by atoms with van der Waals surface area (Å²) in [7, 11) is 0. The average Bonchev–Trinajstić information content (AvgIpc) is 2.83. The van der Waals surface area contributed by atoms with Crippen molar-refractivity contribution in [1.82, 2.24) is 29.7 Å². The standard InChI is InChI=1S/C20H25N7O4S/c28-16(2-6-27-15-3-11-32-13-14(15)18(30)24-20(27)31)23-12-17(29)25-7-9-26(10-8-25)19-21-4-1-5-22-19/h1,4-5H,2-3,6-13H2,(H,23,28)(H,24,30,31). The van der Waals surface area contributed by atoms with E-state index >= 15 is 0 Å². The summed E-state index contributed by atoms with van der Waals surface area (Å²) in [5.74, 6) is 1.58. The number of fused-ring (bicyclic) bond motifs is 1. The van der Waals surface area contributed by atoms with Crippen LogP contribution in [0, 0.1) is 0 Å². The maximum absolute atomic E-state index is 12.5. The van der Waals surface area contributed by atoms with E-state index in [1.54, 1.807) is 35.1 Å². The first kappa shape index (κ1) is 22.1. The predicted molar refractivity (Wildman–Crippen MR) is 120 cm³/mol. The summed E-state index contributed by atoms with van der Waals surface area (Å²) >= 11 is 1.65. The fourth-order valence-electron chi connectivity index (χ4n) is 3.87. The van der Waals surface area contributed by atoms with Crippen molar-refractivity contribution in [2.24, 2.45) is 0 Å². The van der Waals surface area contributed by atoms with Gasteiger partial charge in [0, 0.05) is 68.5 Å². The molecule has 0 unspecified atom stereocenters. The summed E-state index contributed by atoms with van der Waals surface area (Å²) in [5, 5.41) is 2.64. The lowest BCUT2D eigenvalue weighted by Gasteiger charge is -2.34. The number of nitrogens with zero attached hydrogens (tertiary/aromatic N) is 5. The lowest BCUT2D eigenvalue weighted by Crippen LogP contribution is -2.51. The number of carbonyl (C=O) groups excluding carboxylic acids is 2. The molecular formula is C20H25N7O4S. The molecule has 0 radical (unpaired) electrons. The number of hydrogen-bond acceptors (Lipinski definition) is 8. The van der Waals surface area contributed by atoms with Gasteiger partial charge in [0.05, 0.1) is 6.54 Å². The van der Waals surface area contributed by atoms with E-state index in [2.05, 4.69) is 20.3 Å². The van der Waals surface area contributed by atoms with E-state index in [9.17, 15) is 19.2 Å². The molecule has 0 aliphatic carbocycles. The summed E-state index contributed by atoms with van der Waals surface area (Å²) in [6.45, 7) is 2.40. The number of aromatic nitrogens is 4. The van der Waals surface area contributed by atoms with E-state index in [4.69, 9.17) is 0 Å². The molecule has 32 heavy (non-hydrogen) atoms. The molecule has 1 fully saturated rings. The molecule has 11 nitrogen and oxygen atoms in total. The molecule has 0 atom stereocenters. The van der Waals surface area contributed by atoms with Crippen LogP contribution in [0.1, 0.15) is 17.7 Å². The maximum atomic E-state index is 12.5. The summed E-state index contributed by atoms with van der Waals surface area (Å²) in [5.41, 5.74) is 0.477. The minimum Gasteiger partial charge on any atom is -0.347 e. The van der Waals surface area contributed by atoms with Gasteiger partial charge in [0.1, 0.15) is 0 Å². The SMILES string of the molecule is O=C(CCn1c2c(c(=O)[nH]c1=O)CSCC2)NCC(=O)N1CCN(c2ncccn2)CC1. The Bertz CT molecular complexity index is 1090. The van der Waals surface area contributed by atoms with Crippen LogP contribution in [0.4, 0.5) is 5.95 Å². The van der Waals surface area contributed by atoms with Crippen LogP contribution in [0.25, 0.3) is 0 Å². The topological polar surface area (TPSA) is 133 Å². The highest BCUT2D eigenvalue weighted by atomic mass is 32.2. The molecule has 4 rings (SSSR count). The Morgan fingerprint density at radius 2 is 1.88 bits per heavy atom. The van der Waals surface area contributed by atoms with E-state index < -0.39 is 5.69 Å². The van der Waals surface area contributed by atoms with Gasteiger partial charge in [-0.05, 0) is 18.2 Å². The molecule has 2 aliphatic rings. The van der Waals surface area contributed by atoms with Gasteiger partial charge >= 0.3 is 5.69 Å². The minimum absolute atomic E-state index is 0.0535. The molecule has 0 saturated carbocycles. The second-order valence-corrected chi connectivity index (χ2v) is 8.69. The van der Waals surface area contributed by atoms with Gasteiger partial charge in [-0.2, -0.15) is 11.8 Å². The molecule has 4 heterocycles. The molecular weight excluding hydrogens is 434 g/mol. The van der Waals surface area contributed by atoms with Crippen LogP contribution in [-0.2, 0) is 28.3 Å². The average molecular weight is 460 g/mol. The van der Waals surface area contributed by atoms with Gasteiger partial charge in [0.25, 0.3) is 5.56 Å². The molecule has 0 bridgehead atoms. The zero-order valence-electron chi connectivity index (χ0n) is 17.6. The summed E-state index contributed by atoms with van der Waals surface area (Å²) in [4.78, 5) is 63.5. The fraction of sp³-hybridized carbons (Fsp3) is 0.500. The number of nitrogens with one attached hydrogen (secondary N) is 2. The number of anilines is 1. The summed E-state index contributed by atoms with van der Waals surface area (Å²) in [6.07, 6.45) is 4.05. The number of rotatable bonds is 6. The van der Waals surface area contributed by atoms with E-state index in [0.717, 1.165) is 5.75 Å². The normalized spacial score (nSPS) is 15.9. The molecule has 0 spiro atoms. The van der Waals surface area contributed by atoms with Gasteiger partial charge in [-0.15, -0.1) is 0 Å². The van der Waals surface area contributed by atoms with Gasteiger partial charge < -0.3 is 15.1 Å².